The molecule has 0 atom stereocenters. The number of benzene rings is 2. The van der Waals surface area contributed by atoms with Crippen LogP contribution in [-0.2, 0) is 9.47 Å². The molecule has 0 aliphatic carbocycles. The van der Waals surface area contributed by atoms with E-state index in [2.05, 4.69) is 15.3 Å². The van der Waals surface area contributed by atoms with E-state index in [1.807, 2.05) is 41.5 Å². The van der Waals surface area contributed by atoms with Gasteiger partial charge >= 0.3 is 12.2 Å². The van der Waals surface area contributed by atoms with Gasteiger partial charge in [-0.25, -0.2) is 28.3 Å². The molecule has 2 fully saturated rings. The summed E-state index contributed by atoms with van der Waals surface area (Å²) < 4.78 is 38.0. The summed E-state index contributed by atoms with van der Waals surface area (Å²) in [6.07, 6.45) is 2.69. The Morgan fingerprint density at radius 3 is 1.46 bits per heavy atom. The van der Waals surface area contributed by atoms with Gasteiger partial charge in [-0.1, -0.05) is 35.9 Å². The smallest absolute Gasteiger partial charge is 0.410 e. The minimum Gasteiger partial charge on any atom is -0.444 e. The Labute approximate surface area is 360 Å². The van der Waals surface area contributed by atoms with Gasteiger partial charge in [0.15, 0.2) is 11.6 Å². The molecule has 0 bridgehead atoms. The van der Waals surface area contributed by atoms with E-state index < -0.39 is 34.4 Å². The van der Waals surface area contributed by atoms with Crippen LogP contribution in [0.15, 0.2) is 72.8 Å². The highest BCUT2D eigenvalue weighted by Crippen LogP contribution is 2.23. The molecule has 2 aliphatic heterocycles. The average Bonchev–Trinajstić information content (AvgIpc) is 3.18. The highest BCUT2D eigenvalue weighted by Gasteiger charge is 2.28. The zero-order valence-corrected chi connectivity index (χ0v) is 36.1. The molecule has 61 heavy (non-hydrogen) atoms. The first-order valence-corrected chi connectivity index (χ1v) is 20.2. The lowest BCUT2D eigenvalue weighted by molar-refractivity contribution is 0.0197. The molecule has 2 saturated heterocycles. The molecule has 2 aromatic carbocycles. The van der Waals surface area contributed by atoms with Crippen LogP contribution in [-0.4, -0.2) is 93.0 Å². The van der Waals surface area contributed by atoms with Gasteiger partial charge in [-0.15, -0.1) is 0 Å². The van der Waals surface area contributed by atoms with Gasteiger partial charge in [0, 0.05) is 38.3 Å². The Hall–Kier alpha value is -5.87. The van der Waals surface area contributed by atoms with Crippen molar-refractivity contribution in [3.05, 3.63) is 112 Å². The number of carbonyl (C=O) groups is 4. The van der Waals surface area contributed by atoms with Gasteiger partial charge in [-0.2, -0.15) is 0 Å². The van der Waals surface area contributed by atoms with Gasteiger partial charge in [0.1, 0.15) is 45.4 Å². The summed E-state index contributed by atoms with van der Waals surface area (Å²) in [6.45, 7) is 13.7. The van der Waals surface area contributed by atoms with Crippen molar-refractivity contribution in [3.63, 3.8) is 0 Å². The lowest BCUT2D eigenvalue weighted by atomic mass is 10.0. The van der Waals surface area contributed by atoms with Gasteiger partial charge in [0.05, 0.1) is 22.3 Å². The molecule has 0 saturated carbocycles. The zero-order valence-electron chi connectivity index (χ0n) is 35.3. The lowest BCUT2D eigenvalue weighted by Gasteiger charge is -2.33. The number of nitrogens with one attached hydrogen (secondary N) is 1. The summed E-state index contributed by atoms with van der Waals surface area (Å²) in [6, 6.07) is 17.9. The molecular weight excluding hydrogens is 810 g/mol. The number of rotatable bonds is 6. The van der Waals surface area contributed by atoms with Gasteiger partial charge in [0.2, 0.25) is 0 Å². The molecule has 6 rings (SSSR count). The number of nitrogens with two attached hydrogens (primary N) is 3. The fraction of sp³-hybridized carbons (Fsp3) is 0.409. The Morgan fingerprint density at radius 1 is 0.639 bits per heavy atom. The second-order valence-corrected chi connectivity index (χ2v) is 16.9. The summed E-state index contributed by atoms with van der Waals surface area (Å²) in [4.78, 5) is 59.7. The van der Waals surface area contributed by atoms with Crippen LogP contribution < -0.4 is 22.5 Å². The topological polar surface area (TPSA) is 209 Å². The number of ether oxygens (including phenoxy) is 2. The van der Waals surface area contributed by atoms with Crippen molar-refractivity contribution >= 4 is 52.8 Å². The minimum absolute atomic E-state index is 0.00856. The van der Waals surface area contributed by atoms with Crippen molar-refractivity contribution in [3.8, 4) is 0 Å². The Balaban J connectivity index is 0.000000223. The van der Waals surface area contributed by atoms with Crippen LogP contribution in [0.25, 0.3) is 0 Å². The summed E-state index contributed by atoms with van der Waals surface area (Å²) >= 11 is 5.62. The highest BCUT2D eigenvalue weighted by atomic mass is 35.5. The van der Waals surface area contributed by atoms with Crippen molar-refractivity contribution in [2.75, 3.05) is 43.0 Å². The quantitative estimate of drug-likeness (QED) is 0.108. The standard InChI is InChI=1S/C22H27FN4O3.C12H8ClFN2O.C10H20N2O2/c1-22(2,3)30-21(29)27-12-10-14(11-13-27)25-18-9-8-16(20(24)26-18)19(28)15-6-4-5-7-17(15)23;13-10-6-5-8(12(15)16-10)11(17)7-3-1-2-4-9(7)14;1-10(2,3)14-9(13)12-6-4-8(11)5-7-12/h4-9,14H,10-13H2,1-3H3,(H3,24,25,26);1-6H,(H2,15,16);8H,4-7,11H2,1-3H3. The number of ketones is 2. The number of nitrogen functional groups attached to an aromatic ring is 2. The average molecular weight is 865 g/mol. The number of carbonyl (C=O) groups excluding carboxylic acids is 4. The van der Waals surface area contributed by atoms with E-state index in [-0.39, 0.29) is 63.3 Å². The van der Waals surface area contributed by atoms with E-state index in [9.17, 15) is 28.0 Å². The first kappa shape index (κ1) is 47.8. The maximum Gasteiger partial charge on any atom is 0.410 e. The third-order valence-electron chi connectivity index (χ3n) is 9.23. The first-order chi connectivity index (χ1) is 28.6. The third-order valence-corrected chi connectivity index (χ3v) is 9.44. The van der Waals surface area contributed by atoms with Crippen molar-refractivity contribution < 1.29 is 37.4 Å². The molecule has 2 amide bonds. The molecule has 2 aliphatic rings. The normalized spacial score (nSPS) is 14.7. The number of nitrogens with zero attached hydrogens (tertiary/aromatic N) is 4. The van der Waals surface area contributed by atoms with Crippen molar-refractivity contribution in [1.29, 1.82) is 0 Å². The molecule has 7 N–H and O–H groups in total. The monoisotopic (exact) mass is 864 g/mol. The SMILES string of the molecule is CC(C)(C)OC(=O)N1CCC(N)CC1.CC(C)(C)OC(=O)N1CCC(Nc2ccc(C(=O)c3ccccc3F)c(N)n2)CC1.Nc1nc(Cl)ccc1C(=O)c1ccccc1F. The number of amides is 2. The maximum atomic E-state index is 13.9. The van der Waals surface area contributed by atoms with Crippen LogP contribution in [0.3, 0.4) is 0 Å². The number of hydrogen-bond donors (Lipinski definition) is 4. The van der Waals surface area contributed by atoms with E-state index >= 15 is 0 Å². The van der Waals surface area contributed by atoms with E-state index in [1.54, 1.807) is 34.1 Å². The predicted octanol–water partition coefficient (Wildman–Crippen LogP) is 7.88. The van der Waals surface area contributed by atoms with E-state index in [0.717, 1.165) is 38.8 Å². The number of aromatic nitrogens is 2. The number of hydrogen-bond acceptors (Lipinski definition) is 12. The minimum atomic E-state index is -0.596. The highest BCUT2D eigenvalue weighted by molar-refractivity contribution is 6.29. The van der Waals surface area contributed by atoms with E-state index in [1.165, 1.54) is 48.5 Å². The second kappa shape index (κ2) is 21.1. The maximum absolute atomic E-state index is 13.9. The van der Waals surface area contributed by atoms with Gasteiger partial charge < -0.3 is 41.8 Å². The van der Waals surface area contributed by atoms with Crippen LogP contribution in [0.5, 0.6) is 0 Å². The molecule has 4 aromatic rings. The molecule has 2 aromatic heterocycles. The fourth-order valence-corrected chi connectivity index (χ4v) is 6.27. The van der Waals surface area contributed by atoms with Gasteiger partial charge in [-0.3, -0.25) is 9.59 Å². The lowest BCUT2D eigenvalue weighted by Crippen LogP contribution is -2.44. The number of anilines is 3. The van der Waals surface area contributed by atoms with Crippen LogP contribution >= 0.6 is 11.6 Å². The van der Waals surface area contributed by atoms with E-state index in [4.69, 9.17) is 38.3 Å². The second-order valence-electron chi connectivity index (χ2n) is 16.5. The zero-order chi connectivity index (χ0) is 45.1. The van der Waals surface area contributed by atoms with Crippen LogP contribution in [0.4, 0.5) is 35.8 Å². The molecule has 0 radical (unpaired) electrons. The summed E-state index contributed by atoms with van der Waals surface area (Å²) in [5, 5.41) is 3.48. The number of piperidine rings is 2. The molecule has 0 spiro atoms. The fourth-order valence-electron chi connectivity index (χ4n) is 6.12. The van der Waals surface area contributed by atoms with Crippen LogP contribution in [0.2, 0.25) is 5.15 Å². The number of likely N-dealkylation sites (tertiary alicyclic amines) is 2. The van der Waals surface area contributed by atoms with Gasteiger partial charge in [-0.05, 0) is 116 Å². The Morgan fingerprint density at radius 2 is 1.05 bits per heavy atom. The summed E-state index contributed by atoms with van der Waals surface area (Å²) in [5.74, 6) is -1.63. The molecule has 17 heteroatoms. The molecule has 4 heterocycles. The predicted molar refractivity (Wildman–Crippen MR) is 231 cm³/mol. The first-order valence-electron chi connectivity index (χ1n) is 19.9. The molecule has 328 valence electrons. The van der Waals surface area contributed by atoms with Crippen molar-refractivity contribution in [2.24, 2.45) is 5.73 Å². The largest absolute Gasteiger partial charge is 0.444 e. The summed E-state index contributed by atoms with van der Waals surface area (Å²) in [7, 11) is 0. The molecular formula is C44H55ClF2N8O6. The molecule has 14 nitrogen and oxygen atoms in total. The number of pyridine rings is 2. The van der Waals surface area contributed by atoms with Crippen LogP contribution in [0, 0.1) is 11.6 Å². The Kier molecular flexibility index (Phi) is 16.5. The van der Waals surface area contributed by atoms with E-state index in [0.29, 0.717) is 18.9 Å². The molecule has 0 unspecified atom stereocenters. The third kappa shape index (κ3) is 14.7. The number of halogens is 3. The van der Waals surface area contributed by atoms with Crippen molar-refractivity contribution in [2.45, 2.75) is 90.5 Å². The Bertz CT molecular complexity index is 2160. The summed E-state index contributed by atoms with van der Waals surface area (Å²) in [5.41, 5.74) is 16.6. The van der Waals surface area contributed by atoms with Crippen LogP contribution in [0.1, 0.15) is 99.1 Å². The van der Waals surface area contributed by atoms with Gasteiger partial charge in [0.25, 0.3) is 0 Å². The van der Waals surface area contributed by atoms with Crippen molar-refractivity contribution in [1.82, 2.24) is 19.8 Å².